The highest BCUT2D eigenvalue weighted by atomic mass is 16.4. The standard InChI is InChI=1S/2C9H18O2/c1-3-8(4-2)6-5-7-9(10)11;1-3-5-7-8(6-4-2)9(10)11/h2*8H,3-7H2,1-2H3,(H,10,11). The van der Waals surface area contributed by atoms with Gasteiger partial charge < -0.3 is 10.2 Å². The fourth-order valence-electron chi connectivity index (χ4n) is 2.43. The average molecular weight is 316 g/mol. The van der Waals surface area contributed by atoms with Gasteiger partial charge in [-0.1, -0.05) is 59.8 Å². The van der Waals surface area contributed by atoms with Crippen molar-refractivity contribution in [2.75, 3.05) is 0 Å². The predicted molar refractivity (Wildman–Crippen MR) is 91.1 cm³/mol. The molecule has 4 nitrogen and oxygen atoms in total. The van der Waals surface area contributed by atoms with E-state index in [1.54, 1.807) is 0 Å². The Morgan fingerprint density at radius 1 is 0.818 bits per heavy atom. The molecule has 0 radical (unpaired) electrons. The molecule has 0 amide bonds. The minimum absolute atomic E-state index is 0.0973. The van der Waals surface area contributed by atoms with E-state index in [0.717, 1.165) is 50.9 Å². The maximum Gasteiger partial charge on any atom is 0.306 e. The summed E-state index contributed by atoms with van der Waals surface area (Å²) in [6.07, 6.45) is 9.36. The molecule has 0 aliphatic carbocycles. The summed E-state index contributed by atoms with van der Waals surface area (Å²) in [6, 6.07) is 0. The highest BCUT2D eigenvalue weighted by Crippen LogP contribution is 2.15. The second-order valence-electron chi connectivity index (χ2n) is 5.93. The van der Waals surface area contributed by atoms with E-state index in [1.807, 2.05) is 6.92 Å². The Hall–Kier alpha value is -1.06. The fourth-order valence-corrected chi connectivity index (χ4v) is 2.43. The van der Waals surface area contributed by atoms with Crippen LogP contribution < -0.4 is 0 Å². The number of rotatable bonds is 12. The molecule has 132 valence electrons. The first-order valence-corrected chi connectivity index (χ1v) is 8.87. The smallest absolute Gasteiger partial charge is 0.306 e. The van der Waals surface area contributed by atoms with Crippen molar-refractivity contribution in [3.63, 3.8) is 0 Å². The van der Waals surface area contributed by atoms with Gasteiger partial charge in [0.1, 0.15) is 0 Å². The van der Waals surface area contributed by atoms with Crippen LogP contribution in [0.1, 0.15) is 91.9 Å². The second kappa shape index (κ2) is 16.3. The minimum atomic E-state index is -0.670. The maximum absolute atomic E-state index is 10.6. The van der Waals surface area contributed by atoms with Crippen molar-refractivity contribution in [1.29, 1.82) is 0 Å². The fraction of sp³-hybridized carbons (Fsp3) is 0.889. The third-order valence-electron chi connectivity index (χ3n) is 4.05. The first-order chi connectivity index (χ1) is 10.4. The topological polar surface area (TPSA) is 74.6 Å². The number of carboxylic acid groups (broad SMARTS) is 2. The van der Waals surface area contributed by atoms with Crippen LogP contribution in [-0.4, -0.2) is 22.2 Å². The number of unbranched alkanes of at least 4 members (excludes halogenated alkanes) is 1. The molecule has 0 rings (SSSR count). The highest BCUT2D eigenvalue weighted by molar-refractivity contribution is 5.69. The van der Waals surface area contributed by atoms with Crippen LogP contribution in [0.3, 0.4) is 0 Å². The van der Waals surface area contributed by atoms with E-state index in [0.29, 0.717) is 6.42 Å². The van der Waals surface area contributed by atoms with Crippen LogP contribution in [0.2, 0.25) is 0 Å². The summed E-state index contributed by atoms with van der Waals surface area (Å²) in [6.45, 7) is 8.44. The summed E-state index contributed by atoms with van der Waals surface area (Å²) >= 11 is 0. The molecule has 1 unspecified atom stereocenters. The number of carbonyl (C=O) groups is 2. The molecule has 1 atom stereocenters. The lowest BCUT2D eigenvalue weighted by molar-refractivity contribution is -0.142. The largest absolute Gasteiger partial charge is 0.481 e. The molecule has 0 heterocycles. The van der Waals surface area contributed by atoms with Crippen molar-refractivity contribution >= 4 is 11.9 Å². The van der Waals surface area contributed by atoms with Crippen molar-refractivity contribution in [2.45, 2.75) is 91.9 Å². The van der Waals surface area contributed by atoms with Crippen LogP contribution in [0.25, 0.3) is 0 Å². The summed E-state index contributed by atoms with van der Waals surface area (Å²) in [5.74, 6) is -0.662. The monoisotopic (exact) mass is 316 g/mol. The van der Waals surface area contributed by atoms with Gasteiger partial charge in [0.25, 0.3) is 0 Å². The molecule has 22 heavy (non-hydrogen) atoms. The zero-order chi connectivity index (χ0) is 17.4. The molecule has 0 aromatic heterocycles. The van der Waals surface area contributed by atoms with Gasteiger partial charge in [-0.3, -0.25) is 9.59 Å². The van der Waals surface area contributed by atoms with Gasteiger partial charge >= 0.3 is 11.9 Å². The first-order valence-electron chi connectivity index (χ1n) is 8.87. The Morgan fingerprint density at radius 2 is 1.41 bits per heavy atom. The van der Waals surface area contributed by atoms with E-state index in [-0.39, 0.29) is 5.92 Å². The molecule has 0 aliphatic rings. The van der Waals surface area contributed by atoms with E-state index in [9.17, 15) is 9.59 Å². The molecular formula is C18H36O4. The van der Waals surface area contributed by atoms with Crippen LogP contribution in [0.15, 0.2) is 0 Å². The van der Waals surface area contributed by atoms with Gasteiger partial charge in [-0.2, -0.15) is 0 Å². The van der Waals surface area contributed by atoms with E-state index in [1.165, 1.54) is 12.8 Å². The SMILES string of the molecule is CCC(CC)CCCC(=O)O.CCCCC(CCC)C(=O)O. The molecular weight excluding hydrogens is 280 g/mol. The van der Waals surface area contributed by atoms with Gasteiger partial charge in [0.05, 0.1) is 5.92 Å². The number of hydrogen-bond acceptors (Lipinski definition) is 2. The molecule has 0 bridgehead atoms. The number of aliphatic carboxylic acids is 2. The van der Waals surface area contributed by atoms with Crippen molar-refractivity contribution < 1.29 is 19.8 Å². The van der Waals surface area contributed by atoms with Gasteiger partial charge in [-0.25, -0.2) is 0 Å². The van der Waals surface area contributed by atoms with Gasteiger partial charge in [0.15, 0.2) is 0 Å². The maximum atomic E-state index is 10.6. The molecule has 4 heteroatoms. The van der Waals surface area contributed by atoms with Crippen molar-refractivity contribution in [3.05, 3.63) is 0 Å². The minimum Gasteiger partial charge on any atom is -0.481 e. The Morgan fingerprint density at radius 3 is 1.77 bits per heavy atom. The lowest BCUT2D eigenvalue weighted by atomic mass is 9.97. The van der Waals surface area contributed by atoms with E-state index in [4.69, 9.17) is 10.2 Å². The molecule has 0 saturated carbocycles. The first kappa shape index (κ1) is 23.2. The molecule has 0 saturated heterocycles. The van der Waals surface area contributed by atoms with Crippen LogP contribution in [-0.2, 0) is 9.59 Å². The van der Waals surface area contributed by atoms with Gasteiger partial charge in [0.2, 0.25) is 0 Å². The van der Waals surface area contributed by atoms with E-state index < -0.39 is 11.9 Å². The van der Waals surface area contributed by atoms with E-state index >= 15 is 0 Å². The number of hydrogen-bond donors (Lipinski definition) is 2. The zero-order valence-corrected chi connectivity index (χ0v) is 14.9. The quantitative estimate of drug-likeness (QED) is 0.508. The molecule has 0 aliphatic heterocycles. The van der Waals surface area contributed by atoms with E-state index in [2.05, 4.69) is 20.8 Å². The van der Waals surface area contributed by atoms with Gasteiger partial charge in [-0.15, -0.1) is 0 Å². The van der Waals surface area contributed by atoms with Crippen molar-refractivity contribution in [1.82, 2.24) is 0 Å². The van der Waals surface area contributed by atoms with Crippen LogP contribution in [0.5, 0.6) is 0 Å². The lowest BCUT2D eigenvalue weighted by Crippen LogP contribution is -2.12. The molecule has 0 spiro atoms. The average Bonchev–Trinajstić information content (AvgIpc) is 2.48. The van der Waals surface area contributed by atoms with Crippen LogP contribution in [0.4, 0.5) is 0 Å². The van der Waals surface area contributed by atoms with Gasteiger partial charge in [0, 0.05) is 6.42 Å². The third-order valence-corrected chi connectivity index (χ3v) is 4.05. The summed E-state index contributed by atoms with van der Waals surface area (Å²) in [5.41, 5.74) is 0. The van der Waals surface area contributed by atoms with Gasteiger partial charge in [-0.05, 0) is 31.6 Å². The Balaban J connectivity index is 0. The summed E-state index contributed by atoms with van der Waals surface area (Å²) < 4.78 is 0. The molecule has 0 aromatic carbocycles. The third kappa shape index (κ3) is 15.3. The lowest BCUT2D eigenvalue weighted by Gasteiger charge is -2.09. The highest BCUT2D eigenvalue weighted by Gasteiger charge is 2.14. The van der Waals surface area contributed by atoms with Crippen molar-refractivity contribution in [3.8, 4) is 0 Å². The molecule has 2 N–H and O–H groups in total. The predicted octanol–water partition coefficient (Wildman–Crippen LogP) is 5.36. The molecule has 0 aromatic rings. The Kier molecular flexibility index (Phi) is 17.2. The summed E-state index contributed by atoms with van der Waals surface area (Å²) in [4.78, 5) is 20.8. The summed E-state index contributed by atoms with van der Waals surface area (Å²) in [5, 5.41) is 17.1. The molecule has 0 fully saturated rings. The van der Waals surface area contributed by atoms with Crippen LogP contribution in [0, 0.1) is 11.8 Å². The Bertz CT molecular complexity index is 272. The number of carboxylic acids is 2. The summed E-state index contributed by atoms with van der Waals surface area (Å²) in [7, 11) is 0. The van der Waals surface area contributed by atoms with Crippen LogP contribution >= 0.6 is 0 Å². The Labute approximate surface area is 136 Å². The van der Waals surface area contributed by atoms with Crippen molar-refractivity contribution in [2.24, 2.45) is 11.8 Å². The zero-order valence-electron chi connectivity index (χ0n) is 14.9. The second-order valence-corrected chi connectivity index (χ2v) is 5.93. The normalized spacial score (nSPS) is 11.7.